The largest absolute Gasteiger partial charge is 0.261 e. The van der Waals surface area contributed by atoms with Crippen molar-refractivity contribution in [1.82, 2.24) is 19.9 Å². The van der Waals surface area contributed by atoms with Crippen molar-refractivity contribution in [3.05, 3.63) is 96.8 Å². The van der Waals surface area contributed by atoms with Gasteiger partial charge in [0, 0.05) is 35.9 Å². The molecule has 0 saturated carbocycles. The van der Waals surface area contributed by atoms with Crippen molar-refractivity contribution >= 4 is 0 Å². The molecule has 0 aliphatic heterocycles. The Hall–Kier alpha value is -3.40. The first kappa shape index (κ1) is 15.1. The van der Waals surface area contributed by atoms with Gasteiger partial charge in [0.2, 0.25) is 0 Å². The molecule has 2 heterocycles. The molecule has 0 spiro atoms. The third kappa shape index (κ3) is 3.58. The van der Waals surface area contributed by atoms with Crippen LogP contribution in [0.15, 0.2) is 85.7 Å². The van der Waals surface area contributed by atoms with Crippen LogP contribution < -0.4 is 0 Å². The molecule has 0 bridgehead atoms. The predicted molar refractivity (Wildman–Crippen MR) is 97.7 cm³/mol. The van der Waals surface area contributed by atoms with Crippen LogP contribution in [0.2, 0.25) is 0 Å². The van der Waals surface area contributed by atoms with Gasteiger partial charge in [-0.05, 0) is 29.7 Å². The molecule has 4 rings (SSSR count). The molecule has 0 fully saturated rings. The van der Waals surface area contributed by atoms with Crippen molar-refractivity contribution in [3.63, 3.8) is 0 Å². The van der Waals surface area contributed by atoms with Gasteiger partial charge in [-0.1, -0.05) is 36.4 Å². The van der Waals surface area contributed by atoms with Crippen LogP contribution in [0, 0.1) is 0 Å². The molecule has 0 atom stereocenters. The normalized spacial score (nSPS) is 10.6. The summed E-state index contributed by atoms with van der Waals surface area (Å²) in [5.41, 5.74) is 6.40. The Bertz CT molecular complexity index is 888. The van der Waals surface area contributed by atoms with Gasteiger partial charge >= 0.3 is 0 Å². The van der Waals surface area contributed by atoms with Crippen LogP contribution in [-0.4, -0.2) is 19.9 Å². The molecular weight excluding hydrogens is 308 g/mol. The standard InChI is InChI=1S/C21H16N4/c1-3-16(12-18(5-1)20-14-22-7-9-24-20)11-17-4-2-6-19(13-17)21-15-23-8-10-25-21/h1-10,12-15H,11H2. The van der Waals surface area contributed by atoms with E-state index in [9.17, 15) is 0 Å². The Kier molecular flexibility index (Phi) is 4.25. The Morgan fingerprint density at radius 1 is 0.600 bits per heavy atom. The lowest BCUT2D eigenvalue weighted by Crippen LogP contribution is -1.92. The molecule has 2 aromatic heterocycles. The van der Waals surface area contributed by atoms with Crippen molar-refractivity contribution in [2.45, 2.75) is 6.42 Å². The van der Waals surface area contributed by atoms with Crippen LogP contribution in [0.5, 0.6) is 0 Å². The Labute approximate surface area is 146 Å². The molecule has 0 radical (unpaired) electrons. The molecule has 0 saturated heterocycles. The molecule has 0 aliphatic rings. The summed E-state index contributed by atoms with van der Waals surface area (Å²) in [6.07, 6.45) is 11.2. The van der Waals surface area contributed by atoms with Gasteiger partial charge in [0.25, 0.3) is 0 Å². The minimum atomic E-state index is 0.849. The molecule has 0 amide bonds. The fraction of sp³-hybridized carbons (Fsp3) is 0.0476. The number of rotatable bonds is 4. The van der Waals surface area contributed by atoms with Crippen LogP contribution in [0.3, 0.4) is 0 Å². The zero-order valence-corrected chi connectivity index (χ0v) is 13.6. The molecule has 4 heteroatoms. The minimum absolute atomic E-state index is 0.849. The summed E-state index contributed by atoms with van der Waals surface area (Å²) in [5.74, 6) is 0. The van der Waals surface area contributed by atoms with E-state index in [1.54, 1.807) is 37.2 Å². The van der Waals surface area contributed by atoms with Crippen LogP contribution in [0.1, 0.15) is 11.1 Å². The van der Waals surface area contributed by atoms with Crippen LogP contribution >= 0.6 is 0 Å². The van der Waals surface area contributed by atoms with Gasteiger partial charge < -0.3 is 0 Å². The monoisotopic (exact) mass is 324 g/mol. The fourth-order valence-electron chi connectivity index (χ4n) is 2.81. The number of nitrogens with zero attached hydrogens (tertiary/aromatic N) is 4. The first-order valence-electron chi connectivity index (χ1n) is 8.09. The van der Waals surface area contributed by atoms with Gasteiger partial charge in [-0.2, -0.15) is 0 Å². The SMILES string of the molecule is c1cc(Cc2cccc(-c3cnccn3)c2)cc(-c2cnccn2)c1. The van der Waals surface area contributed by atoms with Crippen molar-refractivity contribution in [1.29, 1.82) is 0 Å². The van der Waals surface area contributed by atoms with E-state index < -0.39 is 0 Å². The summed E-state index contributed by atoms with van der Waals surface area (Å²) < 4.78 is 0. The smallest absolute Gasteiger partial charge is 0.0885 e. The highest BCUT2D eigenvalue weighted by Crippen LogP contribution is 2.22. The third-order valence-corrected chi connectivity index (χ3v) is 3.98. The highest BCUT2D eigenvalue weighted by atomic mass is 14.8. The van der Waals surface area contributed by atoms with E-state index in [-0.39, 0.29) is 0 Å². The van der Waals surface area contributed by atoms with Gasteiger partial charge in [-0.3, -0.25) is 19.9 Å². The van der Waals surface area contributed by atoms with Crippen molar-refractivity contribution < 1.29 is 0 Å². The van der Waals surface area contributed by atoms with Crippen LogP contribution in [0.4, 0.5) is 0 Å². The van der Waals surface area contributed by atoms with E-state index in [0.717, 1.165) is 28.9 Å². The maximum Gasteiger partial charge on any atom is 0.0885 e. The van der Waals surface area contributed by atoms with Crippen molar-refractivity contribution in [2.75, 3.05) is 0 Å². The summed E-state index contributed by atoms with van der Waals surface area (Å²) in [5, 5.41) is 0. The second-order valence-corrected chi connectivity index (χ2v) is 5.76. The maximum atomic E-state index is 4.37. The fourth-order valence-corrected chi connectivity index (χ4v) is 2.81. The van der Waals surface area contributed by atoms with E-state index in [4.69, 9.17) is 0 Å². The summed E-state index contributed by atoms with van der Waals surface area (Å²) in [4.78, 5) is 17.0. The lowest BCUT2D eigenvalue weighted by molar-refractivity contribution is 1.17. The number of benzene rings is 2. The molecular formula is C21H16N4. The first-order valence-corrected chi connectivity index (χ1v) is 8.09. The highest BCUT2D eigenvalue weighted by molar-refractivity contribution is 5.61. The molecule has 0 aliphatic carbocycles. The predicted octanol–water partition coefficient (Wildman–Crippen LogP) is 4.19. The second kappa shape index (κ2) is 7.01. The van der Waals surface area contributed by atoms with Gasteiger partial charge in [-0.15, -0.1) is 0 Å². The average molecular weight is 324 g/mol. The second-order valence-electron chi connectivity index (χ2n) is 5.76. The van der Waals surface area contributed by atoms with Gasteiger partial charge in [0.05, 0.1) is 23.8 Å². The molecule has 120 valence electrons. The van der Waals surface area contributed by atoms with Crippen LogP contribution in [-0.2, 0) is 6.42 Å². The minimum Gasteiger partial charge on any atom is -0.261 e. The number of hydrogen-bond acceptors (Lipinski definition) is 4. The van der Waals surface area contributed by atoms with E-state index in [2.05, 4.69) is 68.5 Å². The lowest BCUT2D eigenvalue weighted by Gasteiger charge is -2.07. The van der Waals surface area contributed by atoms with Crippen molar-refractivity contribution in [3.8, 4) is 22.5 Å². The van der Waals surface area contributed by atoms with Crippen LogP contribution in [0.25, 0.3) is 22.5 Å². The lowest BCUT2D eigenvalue weighted by atomic mass is 9.99. The molecule has 4 aromatic rings. The maximum absolute atomic E-state index is 4.37. The first-order chi connectivity index (χ1) is 12.4. The summed E-state index contributed by atoms with van der Waals surface area (Å²) in [6.45, 7) is 0. The Balaban J connectivity index is 1.61. The Morgan fingerprint density at radius 2 is 1.12 bits per heavy atom. The average Bonchev–Trinajstić information content (AvgIpc) is 2.70. The molecule has 0 unspecified atom stereocenters. The Morgan fingerprint density at radius 3 is 1.56 bits per heavy atom. The third-order valence-electron chi connectivity index (χ3n) is 3.98. The molecule has 0 N–H and O–H groups in total. The highest BCUT2D eigenvalue weighted by Gasteiger charge is 2.04. The summed E-state index contributed by atoms with van der Waals surface area (Å²) >= 11 is 0. The number of aromatic nitrogens is 4. The van der Waals surface area contributed by atoms with E-state index in [1.165, 1.54) is 11.1 Å². The van der Waals surface area contributed by atoms with Crippen molar-refractivity contribution in [2.24, 2.45) is 0 Å². The zero-order valence-electron chi connectivity index (χ0n) is 13.6. The summed E-state index contributed by atoms with van der Waals surface area (Å²) in [6, 6.07) is 16.8. The van der Waals surface area contributed by atoms with E-state index in [1.807, 2.05) is 0 Å². The number of hydrogen-bond donors (Lipinski definition) is 0. The van der Waals surface area contributed by atoms with Gasteiger partial charge in [-0.25, -0.2) is 0 Å². The van der Waals surface area contributed by atoms with Gasteiger partial charge in [0.1, 0.15) is 0 Å². The topological polar surface area (TPSA) is 51.6 Å². The summed E-state index contributed by atoms with van der Waals surface area (Å²) in [7, 11) is 0. The van der Waals surface area contributed by atoms with E-state index >= 15 is 0 Å². The molecule has 25 heavy (non-hydrogen) atoms. The van der Waals surface area contributed by atoms with Gasteiger partial charge in [0.15, 0.2) is 0 Å². The quantitative estimate of drug-likeness (QED) is 0.565. The van der Waals surface area contributed by atoms with E-state index in [0.29, 0.717) is 0 Å². The zero-order chi connectivity index (χ0) is 16.9. The molecule has 2 aromatic carbocycles. The molecule has 4 nitrogen and oxygen atoms in total.